The molecule has 0 N–H and O–H groups in total. The van der Waals surface area contributed by atoms with Crippen LogP contribution >= 0.6 is 0 Å². The van der Waals surface area contributed by atoms with Crippen molar-refractivity contribution in [1.29, 1.82) is 0 Å². The summed E-state index contributed by atoms with van der Waals surface area (Å²) in [7, 11) is 0. The molecule has 0 bridgehead atoms. The lowest BCUT2D eigenvalue weighted by Crippen LogP contribution is -2.34. The van der Waals surface area contributed by atoms with Gasteiger partial charge in [-0.15, -0.1) is 0 Å². The van der Waals surface area contributed by atoms with Gasteiger partial charge in [0, 0.05) is 26.3 Å². The van der Waals surface area contributed by atoms with Crippen LogP contribution in [-0.2, 0) is 28.6 Å². The Hall–Kier alpha value is -2.37. The van der Waals surface area contributed by atoms with E-state index in [-0.39, 0.29) is 11.3 Å². The third-order valence-electron chi connectivity index (χ3n) is 4.74. The van der Waals surface area contributed by atoms with Crippen LogP contribution in [-0.4, -0.2) is 24.0 Å². The summed E-state index contributed by atoms with van der Waals surface area (Å²) in [6, 6.07) is 0. The van der Waals surface area contributed by atoms with Crippen molar-refractivity contribution in [3.05, 3.63) is 36.3 Å². The Morgan fingerprint density at radius 3 is 2.30 bits per heavy atom. The molecule has 1 rings (SSSR count). The summed E-state index contributed by atoms with van der Waals surface area (Å²) in [5, 5.41) is 0. The maximum Gasteiger partial charge on any atom is 0.307 e. The average molecular weight is 378 g/mol. The summed E-state index contributed by atoms with van der Waals surface area (Å²) in [5.74, 6) is -1.30. The van der Waals surface area contributed by atoms with Gasteiger partial charge in [-0.2, -0.15) is 0 Å². The highest BCUT2D eigenvalue weighted by molar-refractivity contribution is 5.68. The molecule has 0 aromatic heterocycles. The van der Waals surface area contributed by atoms with E-state index in [1.54, 1.807) is 0 Å². The van der Waals surface area contributed by atoms with Gasteiger partial charge >= 0.3 is 17.9 Å². The van der Waals surface area contributed by atoms with E-state index in [0.29, 0.717) is 12.0 Å². The summed E-state index contributed by atoms with van der Waals surface area (Å²) in [6.07, 6.45) is 6.81. The first kappa shape index (κ1) is 22.7. The summed E-state index contributed by atoms with van der Waals surface area (Å²) < 4.78 is 15.3. The van der Waals surface area contributed by atoms with E-state index >= 15 is 0 Å². The van der Waals surface area contributed by atoms with Crippen LogP contribution in [0, 0.1) is 11.3 Å². The van der Waals surface area contributed by atoms with Crippen molar-refractivity contribution in [3.8, 4) is 0 Å². The average Bonchev–Trinajstić information content (AvgIpc) is 2.52. The molecule has 1 aliphatic carbocycles. The van der Waals surface area contributed by atoms with Crippen molar-refractivity contribution in [3.63, 3.8) is 0 Å². The molecule has 0 aromatic carbocycles. The lowest BCUT2D eigenvalue weighted by Gasteiger charge is -2.41. The molecular weight excluding hydrogens is 348 g/mol. The fraction of sp³-hybridized carbons (Fsp3) is 0.571. The van der Waals surface area contributed by atoms with Gasteiger partial charge in [-0.1, -0.05) is 26.0 Å². The third-order valence-corrected chi connectivity index (χ3v) is 4.74. The molecule has 6 heteroatoms. The van der Waals surface area contributed by atoms with Crippen LogP contribution in [0.4, 0.5) is 0 Å². The second-order valence-corrected chi connectivity index (χ2v) is 7.53. The lowest BCUT2D eigenvalue weighted by atomic mass is 9.64. The fourth-order valence-corrected chi connectivity index (χ4v) is 3.41. The third kappa shape index (κ3) is 7.81. The molecule has 2 unspecified atom stereocenters. The summed E-state index contributed by atoms with van der Waals surface area (Å²) >= 11 is 0. The van der Waals surface area contributed by atoms with Crippen molar-refractivity contribution in [2.75, 3.05) is 0 Å². The predicted octanol–water partition coefficient (Wildman–Crippen LogP) is 4.21. The second kappa shape index (κ2) is 10.1. The maximum atomic E-state index is 11.7. The maximum absolute atomic E-state index is 11.7. The SMILES string of the molecule is C=C1CCCC(C)(C)C1CC(OC(C)=O)C(/C=C/OC(C)=O)=C/OC(C)=O. The number of rotatable bonds is 7. The first-order valence-corrected chi connectivity index (χ1v) is 9.09. The molecule has 0 radical (unpaired) electrons. The molecular formula is C21H30O6. The van der Waals surface area contributed by atoms with Crippen molar-refractivity contribution in [1.82, 2.24) is 0 Å². The largest absolute Gasteiger partial charge is 0.458 e. The van der Waals surface area contributed by atoms with Gasteiger partial charge in [0.25, 0.3) is 0 Å². The molecule has 150 valence electrons. The molecule has 1 saturated carbocycles. The minimum absolute atomic E-state index is 0.0138. The molecule has 1 fully saturated rings. The van der Waals surface area contributed by atoms with Crippen molar-refractivity contribution < 1.29 is 28.6 Å². The van der Waals surface area contributed by atoms with Crippen LogP contribution in [0.2, 0.25) is 0 Å². The number of carbonyl (C=O) groups is 3. The minimum atomic E-state index is -0.659. The standard InChI is InChI=1S/C21H30O6/c1-14-8-7-10-21(5,6)19(14)12-20(27-17(4)24)18(13-26-16(3)23)9-11-25-15(2)22/h9,11,13,19-20H,1,7-8,10,12H2,2-6H3/b11-9+,18-13+. The van der Waals surface area contributed by atoms with E-state index in [9.17, 15) is 14.4 Å². The Morgan fingerprint density at radius 1 is 1.15 bits per heavy atom. The second-order valence-electron chi connectivity index (χ2n) is 7.53. The zero-order valence-electron chi connectivity index (χ0n) is 16.9. The molecule has 0 aliphatic heterocycles. The number of esters is 3. The van der Waals surface area contributed by atoms with E-state index in [1.807, 2.05) is 0 Å². The molecule has 0 amide bonds. The van der Waals surface area contributed by atoms with Gasteiger partial charge in [-0.3, -0.25) is 14.4 Å². The Balaban J connectivity index is 3.16. The van der Waals surface area contributed by atoms with Crippen LogP contribution in [0.15, 0.2) is 36.3 Å². The fourth-order valence-electron chi connectivity index (χ4n) is 3.41. The highest BCUT2D eigenvalue weighted by Gasteiger charge is 2.37. The Bertz CT molecular complexity index is 641. The van der Waals surface area contributed by atoms with E-state index in [4.69, 9.17) is 14.2 Å². The zero-order chi connectivity index (χ0) is 20.6. The Labute approximate surface area is 161 Å². The van der Waals surface area contributed by atoms with Crippen LogP contribution in [0.5, 0.6) is 0 Å². The minimum Gasteiger partial charge on any atom is -0.458 e. The van der Waals surface area contributed by atoms with Crippen LogP contribution in [0.1, 0.15) is 60.3 Å². The number of hydrogen-bond acceptors (Lipinski definition) is 6. The van der Waals surface area contributed by atoms with Gasteiger partial charge in [0.2, 0.25) is 0 Å². The van der Waals surface area contributed by atoms with Gasteiger partial charge in [-0.05, 0) is 43.1 Å². The zero-order valence-corrected chi connectivity index (χ0v) is 16.9. The van der Waals surface area contributed by atoms with Crippen molar-refractivity contribution in [2.24, 2.45) is 11.3 Å². The van der Waals surface area contributed by atoms with Gasteiger partial charge < -0.3 is 14.2 Å². The van der Waals surface area contributed by atoms with Crippen molar-refractivity contribution >= 4 is 17.9 Å². The number of hydrogen-bond donors (Lipinski definition) is 0. The number of allylic oxidation sites excluding steroid dienone is 1. The summed E-state index contributed by atoms with van der Waals surface area (Å²) in [6.45, 7) is 12.4. The summed E-state index contributed by atoms with van der Waals surface area (Å²) in [4.78, 5) is 33.9. The van der Waals surface area contributed by atoms with E-state index in [1.165, 1.54) is 39.4 Å². The van der Waals surface area contributed by atoms with Gasteiger partial charge in [0.15, 0.2) is 0 Å². The summed E-state index contributed by atoms with van der Waals surface area (Å²) in [5.41, 5.74) is 1.56. The smallest absolute Gasteiger partial charge is 0.307 e. The predicted molar refractivity (Wildman–Crippen MR) is 101 cm³/mol. The lowest BCUT2D eigenvalue weighted by molar-refractivity contribution is -0.145. The van der Waals surface area contributed by atoms with E-state index in [2.05, 4.69) is 20.4 Å². The molecule has 0 spiro atoms. The van der Waals surface area contributed by atoms with Crippen LogP contribution in [0.3, 0.4) is 0 Å². The molecule has 6 nitrogen and oxygen atoms in total. The normalized spacial score (nSPS) is 20.9. The number of carbonyl (C=O) groups excluding carboxylic acids is 3. The molecule has 2 atom stereocenters. The van der Waals surface area contributed by atoms with E-state index < -0.39 is 24.0 Å². The monoisotopic (exact) mass is 378 g/mol. The quantitative estimate of drug-likeness (QED) is 0.217. The van der Waals surface area contributed by atoms with Crippen LogP contribution < -0.4 is 0 Å². The number of ether oxygens (including phenoxy) is 3. The molecule has 0 heterocycles. The molecule has 1 aliphatic rings. The first-order chi connectivity index (χ1) is 12.5. The van der Waals surface area contributed by atoms with Crippen LogP contribution in [0.25, 0.3) is 0 Å². The Morgan fingerprint density at radius 2 is 1.78 bits per heavy atom. The Kier molecular flexibility index (Phi) is 8.47. The highest BCUT2D eigenvalue weighted by Crippen LogP contribution is 2.46. The topological polar surface area (TPSA) is 78.9 Å². The highest BCUT2D eigenvalue weighted by atomic mass is 16.5. The molecule has 27 heavy (non-hydrogen) atoms. The van der Waals surface area contributed by atoms with Gasteiger partial charge in [0.05, 0.1) is 6.26 Å². The molecule has 0 saturated heterocycles. The van der Waals surface area contributed by atoms with Crippen molar-refractivity contribution in [2.45, 2.75) is 66.4 Å². The first-order valence-electron chi connectivity index (χ1n) is 9.09. The molecule has 0 aromatic rings. The van der Waals surface area contributed by atoms with Gasteiger partial charge in [0.1, 0.15) is 12.4 Å². The van der Waals surface area contributed by atoms with Gasteiger partial charge in [-0.25, -0.2) is 0 Å². The van der Waals surface area contributed by atoms with E-state index in [0.717, 1.165) is 24.8 Å².